The molecule has 15 nitrogen and oxygen atoms in total. The molecule has 0 N–H and O–H groups in total. The van der Waals surface area contributed by atoms with Crippen molar-refractivity contribution >= 4 is 69.8 Å². The van der Waals surface area contributed by atoms with E-state index >= 15 is 0 Å². The van der Waals surface area contributed by atoms with Crippen LogP contribution < -0.4 is 0 Å². The summed E-state index contributed by atoms with van der Waals surface area (Å²) in [6.45, 7) is 5.82. The molecule has 0 amide bonds. The van der Waals surface area contributed by atoms with Gasteiger partial charge in [-0.1, -0.05) is 57.1 Å². The molecule has 0 bridgehead atoms. The van der Waals surface area contributed by atoms with Crippen molar-refractivity contribution in [1.82, 2.24) is 0 Å². The average Bonchev–Trinajstić information content (AvgIpc) is 3.01. The van der Waals surface area contributed by atoms with Gasteiger partial charge in [-0.2, -0.15) is 86.4 Å². The lowest BCUT2D eigenvalue weighted by atomic mass is 9.81. The minimum Gasteiger partial charge on any atom is -0.425 e. The van der Waals surface area contributed by atoms with Gasteiger partial charge in [0.2, 0.25) is 5.79 Å². The number of ether oxygens (including phenoxy) is 1. The van der Waals surface area contributed by atoms with Crippen LogP contribution in [0, 0.1) is 12.3 Å². The van der Waals surface area contributed by atoms with E-state index in [1.54, 1.807) is 0 Å². The summed E-state index contributed by atoms with van der Waals surface area (Å²) in [6.07, 6.45) is 8.85. The fourth-order valence-electron chi connectivity index (χ4n) is 4.93. The lowest BCUT2D eigenvalue weighted by Gasteiger charge is -2.43. The Morgan fingerprint density at radius 1 is 0.623 bits per heavy atom. The Labute approximate surface area is 345 Å². The molecule has 34 heteroatoms. The van der Waals surface area contributed by atoms with Crippen LogP contribution in [0.1, 0.15) is 48.9 Å². The normalized spacial score (nSPS) is 17.1. The highest BCUT2D eigenvalue weighted by Gasteiger charge is 2.64. The summed E-state index contributed by atoms with van der Waals surface area (Å²) in [6, 6.07) is 10.5. The third kappa shape index (κ3) is 17.0. The van der Waals surface area contributed by atoms with E-state index < -0.39 is 91.6 Å². The molecule has 0 saturated heterocycles. The predicted molar refractivity (Wildman–Crippen MR) is 193 cm³/mol. The highest BCUT2D eigenvalue weighted by molar-refractivity contribution is 7.93. The van der Waals surface area contributed by atoms with Crippen LogP contribution >= 0.6 is 0 Å². The second-order valence-electron chi connectivity index (χ2n) is 14.9. The zero-order valence-corrected chi connectivity index (χ0v) is 37.6. The van der Waals surface area contributed by atoms with E-state index in [1.807, 2.05) is 30.3 Å². The smallest absolute Gasteiger partial charge is 0.425 e. The molecular formula is C27H39BF12O15S4Si2. The maximum Gasteiger partial charge on any atom is 0.587 e. The molecule has 1 aromatic carbocycles. The maximum absolute atomic E-state index is 13.1. The molecule has 2 rings (SSSR count). The Morgan fingerprint density at radius 3 is 1.26 bits per heavy atom. The second kappa shape index (κ2) is 19.5. The summed E-state index contributed by atoms with van der Waals surface area (Å²) in [5.41, 5.74) is -27.9. The van der Waals surface area contributed by atoms with Crippen LogP contribution in [0.4, 0.5) is 52.7 Å². The molecule has 0 aliphatic heterocycles. The molecule has 1 aliphatic carbocycles. The molecule has 1 fully saturated rings. The van der Waals surface area contributed by atoms with Crippen molar-refractivity contribution in [2.24, 2.45) is 5.92 Å². The van der Waals surface area contributed by atoms with Gasteiger partial charge in [-0.05, 0) is 44.6 Å². The highest BCUT2D eigenvalue weighted by Crippen LogP contribution is 2.43. The van der Waals surface area contributed by atoms with Crippen LogP contribution in [-0.4, -0.2) is 90.8 Å². The minimum atomic E-state index is -8.05. The van der Waals surface area contributed by atoms with Crippen molar-refractivity contribution in [3.63, 3.8) is 0 Å². The first-order chi connectivity index (χ1) is 26.8. The van der Waals surface area contributed by atoms with Crippen LogP contribution in [0.3, 0.4) is 0 Å². The van der Waals surface area contributed by atoms with Gasteiger partial charge in [0.05, 0.1) is 26.1 Å². The monoisotopic (exact) mass is 1030 g/mol. The number of carbonyl (C=O) groups is 1. The maximum atomic E-state index is 13.1. The van der Waals surface area contributed by atoms with Gasteiger partial charge in [-0.3, -0.25) is 0 Å². The van der Waals surface area contributed by atoms with Crippen LogP contribution in [0.2, 0.25) is 45.3 Å². The standard InChI is InChI=1S/C23H39O3Si2.C4BF12O12S4/c1-27(2,3)19-13-18-23(26-28(4,5)6,21-16-11-8-12-17-21)25-22(24)20-14-9-7-10-15-20;6-1(7,8)30(18,19)26-5(27-31(20,21)2(9,10)11,28-32(22,23)3(12,13)14)29-33(24,25)4(15,16)17/h7,9-10,13-15,21H,8,11-12,16-19H2,1-6H3;/q+1;-1. The molecule has 356 valence electrons. The van der Waals surface area contributed by atoms with E-state index in [0.29, 0.717) is 12.0 Å². The molecule has 1 aromatic rings. The molecule has 1 unspecified atom stereocenters. The first kappa shape index (κ1) is 56.8. The summed E-state index contributed by atoms with van der Waals surface area (Å²) in [7, 11) is -35.3. The van der Waals surface area contributed by atoms with Gasteiger partial charge in [0, 0.05) is 5.92 Å². The summed E-state index contributed by atoms with van der Waals surface area (Å²) >= 11 is 0. The Balaban J connectivity index is 0.000000617. The number of esters is 1. The molecule has 1 aliphatic rings. The van der Waals surface area contributed by atoms with Crippen molar-refractivity contribution in [1.29, 1.82) is 0 Å². The Morgan fingerprint density at radius 2 is 0.967 bits per heavy atom. The van der Waals surface area contributed by atoms with Gasteiger partial charge >= 0.3 is 75.4 Å². The van der Waals surface area contributed by atoms with E-state index in [-0.39, 0.29) is 11.9 Å². The molecule has 0 spiro atoms. The van der Waals surface area contributed by atoms with E-state index in [1.165, 1.54) is 19.3 Å². The number of hydrogen-bond donors (Lipinski definition) is 0. The van der Waals surface area contributed by atoms with Gasteiger partial charge in [0.1, 0.15) is 0 Å². The first-order valence-electron chi connectivity index (χ1n) is 16.8. The zero-order chi connectivity index (χ0) is 48.2. The average molecular weight is 1030 g/mol. The van der Waals surface area contributed by atoms with E-state index in [2.05, 4.69) is 62.1 Å². The van der Waals surface area contributed by atoms with Gasteiger partial charge in [0.25, 0.3) is 0 Å². The summed E-state index contributed by atoms with van der Waals surface area (Å²) in [5, 5.41) is 0. The molecule has 1 atom stereocenters. The number of alkyl halides is 12. The number of carbonyl (C=O) groups excluding carboxylic acids is 1. The molecule has 61 heavy (non-hydrogen) atoms. The quantitative estimate of drug-likeness (QED) is 0.0364. The van der Waals surface area contributed by atoms with Gasteiger partial charge < -0.3 is 25.6 Å². The van der Waals surface area contributed by atoms with E-state index in [4.69, 9.17) is 9.16 Å². The predicted octanol–water partition coefficient (Wildman–Crippen LogP) is 7.79. The second-order valence-corrected chi connectivity index (χ2v) is 31.1. The molecule has 1 saturated carbocycles. The van der Waals surface area contributed by atoms with Crippen LogP contribution in [0.15, 0.2) is 30.3 Å². The fourth-order valence-corrected chi connectivity index (χ4v) is 9.72. The first-order valence-corrected chi connectivity index (χ1v) is 29.6. The number of halogens is 12. The van der Waals surface area contributed by atoms with Crippen molar-refractivity contribution in [2.75, 3.05) is 0 Å². The Bertz CT molecular complexity index is 1890. The van der Waals surface area contributed by atoms with Crippen LogP contribution in [-0.2, 0) is 66.0 Å². The zero-order valence-electron chi connectivity index (χ0n) is 32.4. The number of benzene rings is 1. The lowest BCUT2D eigenvalue weighted by molar-refractivity contribution is -0.193. The minimum absolute atomic E-state index is 0.258. The van der Waals surface area contributed by atoms with Crippen LogP contribution in [0.5, 0.6) is 0 Å². The van der Waals surface area contributed by atoms with Gasteiger partial charge in [-0.25, -0.2) is 4.79 Å². The third-order valence-corrected chi connectivity index (χ3v) is 14.0. The largest absolute Gasteiger partial charge is 0.587 e. The number of hydrogen-bond acceptors (Lipinski definition) is 15. The third-order valence-electron chi connectivity index (χ3n) is 7.28. The fraction of sp³-hybridized carbons (Fsp3) is 0.704. The van der Waals surface area contributed by atoms with E-state index in [0.717, 1.165) is 18.9 Å². The summed E-state index contributed by atoms with van der Waals surface area (Å²) in [4.78, 5) is 13.1. The SMILES string of the molecule is C[Si](C)(C)C[CH+]CC(OC(=O)c1ccccc1)(O[Si](C)(C)C)C1CCCCC1.O=S(=O)(O[B-](OS(=O)(=O)C(F)(F)F)(OS(=O)(=O)C(F)(F)F)OS(=O)(=O)C(F)(F)F)C(F)(F)F. The number of rotatable bonds is 17. The van der Waals surface area contributed by atoms with Crippen molar-refractivity contribution in [3.05, 3.63) is 42.3 Å². The topological polar surface area (TPSA) is 209 Å². The van der Waals surface area contributed by atoms with Crippen LogP contribution in [0.25, 0.3) is 0 Å². The summed E-state index contributed by atoms with van der Waals surface area (Å²) < 4.78 is 257. The Hall–Kier alpha value is -2.18. The summed E-state index contributed by atoms with van der Waals surface area (Å²) in [5.74, 6) is -0.804. The van der Waals surface area contributed by atoms with Crippen molar-refractivity contribution in [2.45, 2.75) is 112 Å². The van der Waals surface area contributed by atoms with Gasteiger partial charge in [0.15, 0.2) is 14.7 Å². The van der Waals surface area contributed by atoms with Gasteiger partial charge in [-0.15, -0.1) is 0 Å². The molecule has 0 aromatic heterocycles. The highest BCUT2D eigenvalue weighted by atomic mass is 32.2. The van der Waals surface area contributed by atoms with Crippen molar-refractivity contribution in [3.8, 4) is 0 Å². The molecule has 0 heterocycles. The van der Waals surface area contributed by atoms with Crippen molar-refractivity contribution < 1.29 is 117 Å². The van der Waals surface area contributed by atoms with E-state index in [9.17, 15) is 91.2 Å². The Kier molecular flexibility index (Phi) is 18.2. The lowest BCUT2D eigenvalue weighted by Crippen LogP contribution is -2.59. The molecule has 0 radical (unpaired) electrons. The molecular weight excluding hydrogens is 988 g/mol.